The third-order valence-electron chi connectivity index (χ3n) is 2.70. The molecule has 20 heavy (non-hydrogen) atoms. The first kappa shape index (κ1) is 14.0. The normalized spacial score (nSPS) is 10.2. The van der Waals surface area contributed by atoms with Gasteiger partial charge in [0.2, 0.25) is 0 Å². The number of anilines is 1. The van der Waals surface area contributed by atoms with Gasteiger partial charge in [0.25, 0.3) is 5.91 Å². The minimum absolute atomic E-state index is 0.244. The number of carbonyl (C=O) groups is 1. The number of nitrogens with zero attached hydrogens (tertiary/aromatic N) is 1. The molecule has 6 heteroatoms. The summed E-state index contributed by atoms with van der Waals surface area (Å²) in [5, 5.41) is 2.62. The van der Waals surface area contributed by atoms with E-state index in [1.807, 2.05) is 0 Å². The Balaban J connectivity index is 2.18. The quantitative estimate of drug-likeness (QED) is 0.894. The number of nitrogens with one attached hydrogen (secondary N) is 1. The zero-order chi connectivity index (χ0) is 14.5. The molecule has 0 saturated carbocycles. The molecule has 3 N–H and O–H groups in total. The van der Waals surface area contributed by atoms with Crippen molar-refractivity contribution in [1.82, 2.24) is 4.98 Å². The first-order valence-corrected chi connectivity index (χ1v) is 5.94. The van der Waals surface area contributed by atoms with Crippen LogP contribution in [-0.2, 0) is 6.54 Å². The Morgan fingerprint density at radius 2 is 2.20 bits per heavy atom. The molecule has 1 heterocycles. The van der Waals surface area contributed by atoms with E-state index in [-0.39, 0.29) is 11.4 Å². The molecule has 0 aliphatic carbocycles. The Labute approximate surface area is 115 Å². The Bertz CT molecular complexity index is 614. The van der Waals surface area contributed by atoms with Gasteiger partial charge in [0, 0.05) is 18.8 Å². The van der Waals surface area contributed by atoms with Gasteiger partial charge < -0.3 is 15.8 Å². The number of ether oxygens (including phenoxy) is 1. The van der Waals surface area contributed by atoms with Gasteiger partial charge in [-0.1, -0.05) is 6.07 Å². The van der Waals surface area contributed by atoms with Crippen LogP contribution < -0.4 is 15.8 Å². The second-order valence-electron chi connectivity index (χ2n) is 4.05. The lowest BCUT2D eigenvalue weighted by molar-refractivity contribution is 0.102. The maximum atomic E-state index is 13.1. The van der Waals surface area contributed by atoms with E-state index < -0.39 is 11.7 Å². The summed E-state index contributed by atoms with van der Waals surface area (Å²) in [6.07, 6.45) is 1.54. The van der Waals surface area contributed by atoms with E-state index in [9.17, 15) is 9.18 Å². The second kappa shape index (κ2) is 6.12. The highest BCUT2D eigenvalue weighted by Gasteiger charge is 2.11. The zero-order valence-corrected chi connectivity index (χ0v) is 10.9. The summed E-state index contributed by atoms with van der Waals surface area (Å²) in [7, 11) is 1.40. The number of pyridine rings is 1. The lowest BCUT2D eigenvalue weighted by Gasteiger charge is -2.10. The fraction of sp³-hybridized carbons (Fsp3) is 0.143. The van der Waals surface area contributed by atoms with Crippen molar-refractivity contribution in [3.8, 4) is 5.75 Å². The molecule has 0 spiro atoms. The predicted molar refractivity (Wildman–Crippen MR) is 73.0 cm³/mol. The van der Waals surface area contributed by atoms with Crippen molar-refractivity contribution in [2.75, 3.05) is 12.4 Å². The minimum atomic E-state index is -0.440. The molecule has 0 fully saturated rings. The molecule has 0 saturated heterocycles. The van der Waals surface area contributed by atoms with Gasteiger partial charge in [-0.05, 0) is 23.8 Å². The van der Waals surface area contributed by atoms with Crippen LogP contribution in [0.1, 0.15) is 16.1 Å². The summed E-state index contributed by atoms with van der Waals surface area (Å²) < 4.78 is 18.1. The van der Waals surface area contributed by atoms with Crippen molar-refractivity contribution >= 4 is 11.6 Å². The number of hydrogen-bond acceptors (Lipinski definition) is 4. The van der Waals surface area contributed by atoms with Crippen LogP contribution in [0.15, 0.2) is 36.5 Å². The van der Waals surface area contributed by atoms with Gasteiger partial charge in [0.15, 0.2) is 0 Å². The van der Waals surface area contributed by atoms with Gasteiger partial charge in [-0.15, -0.1) is 0 Å². The van der Waals surface area contributed by atoms with Crippen molar-refractivity contribution in [1.29, 1.82) is 0 Å². The number of rotatable bonds is 4. The largest absolute Gasteiger partial charge is 0.494 e. The minimum Gasteiger partial charge on any atom is -0.494 e. The summed E-state index contributed by atoms with van der Waals surface area (Å²) in [5.41, 5.74) is 6.92. The summed E-state index contributed by atoms with van der Waals surface area (Å²) >= 11 is 0. The van der Waals surface area contributed by atoms with Crippen molar-refractivity contribution < 1.29 is 13.9 Å². The summed E-state index contributed by atoms with van der Waals surface area (Å²) in [4.78, 5) is 16.0. The van der Waals surface area contributed by atoms with Crippen molar-refractivity contribution in [3.05, 3.63) is 53.6 Å². The molecule has 0 bridgehead atoms. The molecule has 1 aromatic heterocycles. The predicted octanol–water partition coefficient (Wildman–Crippen LogP) is 1.94. The number of benzene rings is 1. The van der Waals surface area contributed by atoms with Crippen LogP contribution in [0.2, 0.25) is 0 Å². The smallest absolute Gasteiger partial charge is 0.274 e. The fourth-order valence-electron chi connectivity index (χ4n) is 1.63. The standard InChI is InChI=1S/C14H14FN3O2/c1-20-13-6-10(15)3-5-11(13)18-14(19)12-4-2-9(7-16)8-17-12/h2-6,8H,7,16H2,1H3,(H,18,19). The topological polar surface area (TPSA) is 77.2 Å². The van der Waals surface area contributed by atoms with Gasteiger partial charge in [0.1, 0.15) is 17.3 Å². The number of aromatic nitrogens is 1. The van der Waals surface area contributed by atoms with Crippen LogP contribution in [0.5, 0.6) is 5.75 Å². The first-order chi connectivity index (χ1) is 9.63. The third-order valence-corrected chi connectivity index (χ3v) is 2.70. The van der Waals surface area contributed by atoms with Gasteiger partial charge in [-0.25, -0.2) is 4.39 Å². The Hall–Kier alpha value is -2.47. The Kier molecular flexibility index (Phi) is 4.27. The number of methoxy groups -OCH3 is 1. The van der Waals surface area contributed by atoms with E-state index in [2.05, 4.69) is 10.3 Å². The molecule has 0 aliphatic rings. The highest BCUT2D eigenvalue weighted by molar-refractivity contribution is 6.03. The first-order valence-electron chi connectivity index (χ1n) is 5.94. The number of carbonyl (C=O) groups excluding carboxylic acids is 1. The SMILES string of the molecule is COc1cc(F)ccc1NC(=O)c1ccc(CN)cn1. The van der Waals surface area contributed by atoms with Crippen molar-refractivity contribution in [2.45, 2.75) is 6.54 Å². The molecular weight excluding hydrogens is 261 g/mol. The van der Waals surface area contributed by atoms with E-state index in [4.69, 9.17) is 10.5 Å². The van der Waals surface area contributed by atoms with E-state index in [1.165, 1.54) is 31.5 Å². The molecule has 0 aliphatic heterocycles. The van der Waals surface area contributed by atoms with Crippen LogP contribution >= 0.6 is 0 Å². The fourth-order valence-corrected chi connectivity index (χ4v) is 1.63. The number of halogens is 1. The molecule has 1 amide bonds. The lowest BCUT2D eigenvalue weighted by Crippen LogP contribution is -2.14. The summed E-state index contributed by atoms with van der Waals surface area (Å²) in [5.74, 6) is -0.597. The third kappa shape index (κ3) is 3.10. The molecule has 0 radical (unpaired) electrons. The molecule has 0 atom stereocenters. The maximum Gasteiger partial charge on any atom is 0.274 e. The van der Waals surface area contributed by atoms with E-state index in [0.29, 0.717) is 12.2 Å². The molecule has 0 unspecified atom stereocenters. The maximum absolute atomic E-state index is 13.1. The van der Waals surface area contributed by atoms with Gasteiger partial charge in [0.05, 0.1) is 12.8 Å². The van der Waals surface area contributed by atoms with Crippen LogP contribution in [0.3, 0.4) is 0 Å². The van der Waals surface area contributed by atoms with Gasteiger partial charge in [-0.3, -0.25) is 9.78 Å². The van der Waals surface area contributed by atoms with Crippen LogP contribution in [0.4, 0.5) is 10.1 Å². The van der Waals surface area contributed by atoms with Crippen LogP contribution in [-0.4, -0.2) is 18.0 Å². The summed E-state index contributed by atoms with van der Waals surface area (Å²) in [6, 6.07) is 7.17. The Morgan fingerprint density at radius 3 is 2.80 bits per heavy atom. The average molecular weight is 275 g/mol. The lowest BCUT2D eigenvalue weighted by atomic mass is 10.2. The van der Waals surface area contributed by atoms with Crippen molar-refractivity contribution in [3.63, 3.8) is 0 Å². The average Bonchev–Trinajstić information content (AvgIpc) is 2.49. The van der Waals surface area contributed by atoms with E-state index in [0.717, 1.165) is 5.56 Å². The van der Waals surface area contributed by atoms with Gasteiger partial charge >= 0.3 is 0 Å². The molecule has 2 aromatic rings. The molecule has 5 nitrogen and oxygen atoms in total. The van der Waals surface area contributed by atoms with Crippen LogP contribution in [0.25, 0.3) is 0 Å². The number of amides is 1. The van der Waals surface area contributed by atoms with Crippen LogP contribution in [0, 0.1) is 5.82 Å². The van der Waals surface area contributed by atoms with Gasteiger partial charge in [-0.2, -0.15) is 0 Å². The highest BCUT2D eigenvalue weighted by atomic mass is 19.1. The van der Waals surface area contributed by atoms with E-state index >= 15 is 0 Å². The summed E-state index contributed by atoms with van der Waals surface area (Å²) in [6.45, 7) is 0.362. The molecule has 2 rings (SSSR count). The number of nitrogens with two attached hydrogens (primary N) is 1. The number of hydrogen-bond donors (Lipinski definition) is 2. The monoisotopic (exact) mass is 275 g/mol. The Morgan fingerprint density at radius 1 is 1.40 bits per heavy atom. The van der Waals surface area contributed by atoms with E-state index in [1.54, 1.807) is 12.1 Å². The molecular formula is C14H14FN3O2. The molecule has 1 aromatic carbocycles. The highest BCUT2D eigenvalue weighted by Crippen LogP contribution is 2.25. The van der Waals surface area contributed by atoms with Crippen molar-refractivity contribution in [2.24, 2.45) is 5.73 Å². The molecule has 104 valence electrons. The zero-order valence-electron chi connectivity index (χ0n) is 10.9. The second-order valence-corrected chi connectivity index (χ2v) is 4.05.